The van der Waals surface area contributed by atoms with Crippen LogP contribution in [0.4, 0.5) is 11.4 Å². The van der Waals surface area contributed by atoms with Crippen molar-refractivity contribution in [2.24, 2.45) is 13.0 Å². The summed E-state index contributed by atoms with van der Waals surface area (Å²) < 4.78 is 12.6. The van der Waals surface area contributed by atoms with E-state index in [0.29, 0.717) is 16.9 Å². The van der Waals surface area contributed by atoms with Crippen molar-refractivity contribution in [2.75, 3.05) is 17.1 Å². The number of aromatic nitrogens is 2. The van der Waals surface area contributed by atoms with Gasteiger partial charge in [0, 0.05) is 13.2 Å². The minimum atomic E-state index is -1.00. The van der Waals surface area contributed by atoms with E-state index >= 15 is 0 Å². The zero-order valence-corrected chi connectivity index (χ0v) is 21.1. The normalized spacial score (nSPS) is 20.3. The number of para-hydroxylation sites is 2. The molecule has 1 aromatic heterocycles. The SMILES string of the molecule is COc1cc([C@@H]2[C@H]3C(=O)N(c4ccccc4)C(=O)[C@@H]3ON2c2ccccc2)ccc1OC(=O)c1ccnn1C. The molecular weight excluding hydrogens is 500 g/mol. The van der Waals surface area contributed by atoms with E-state index in [1.54, 1.807) is 60.6 Å². The quantitative estimate of drug-likeness (QED) is 0.214. The molecular formula is C29H24N4O6. The number of rotatable bonds is 6. The van der Waals surface area contributed by atoms with E-state index in [0.717, 1.165) is 0 Å². The highest BCUT2D eigenvalue weighted by Gasteiger charge is 2.60. The summed E-state index contributed by atoms with van der Waals surface area (Å²) in [5.74, 6) is -1.69. The second-order valence-corrected chi connectivity index (χ2v) is 9.15. The number of hydrogen-bond acceptors (Lipinski definition) is 8. The second kappa shape index (κ2) is 9.73. The van der Waals surface area contributed by atoms with Crippen molar-refractivity contribution in [2.45, 2.75) is 12.1 Å². The molecule has 0 radical (unpaired) electrons. The molecule has 3 heterocycles. The Morgan fingerprint density at radius 3 is 2.21 bits per heavy atom. The summed E-state index contributed by atoms with van der Waals surface area (Å²) in [6.45, 7) is 0. The molecule has 0 spiro atoms. The number of anilines is 2. The number of ether oxygens (including phenoxy) is 2. The van der Waals surface area contributed by atoms with E-state index < -0.39 is 29.9 Å². The summed E-state index contributed by atoms with van der Waals surface area (Å²) in [6.07, 6.45) is 0.501. The van der Waals surface area contributed by atoms with Crippen LogP contribution in [0, 0.1) is 5.92 Å². The van der Waals surface area contributed by atoms with Gasteiger partial charge in [0.25, 0.3) is 5.91 Å². The number of nitrogens with zero attached hydrogens (tertiary/aromatic N) is 4. The lowest BCUT2D eigenvalue weighted by molar-refractivity contribution is -0.126. The maximum atomic E-state index is 13.8. The lowest BCUT2D eigenvalue weighted by Crippen LogP contribution is -2.37. The van der Waals surface area contributed by atoms with Crippen LogP contribution in [0.25, 0.3) is 0 Å². The van der Waals surface area contributed by atoms with Gasteiger partial charge in [-0.15, -0.1) is 0 Å². The average molecular weight is 525 g/mol. The molecule has 0 bridgehead atoms. The number of fused-ring (bicyclic) bond motifs is 1. The summed E-state index contributed by atoms with van der Waals surface area (Å²) in [5.41, 5.74) is 2.11. The first-order chi connectivity index (χ1) is 19.0. The highest BCUT2D eigenvalue weighted by molar-refractivity contribution is 6.23. The van der Waals surface area contributed by atoms with Crippen LogP contribution in [-0.4, -0.2) is 40.8 Å². The fourth-order valence-electron chi connectivity index (χ4n) is 5.06. The zero-order chi connectivity index (χ0) is 27.1. The van der Waals surface area contributed by atoms with Gasteiger partial charge >= 0.3 is 5.97 Å². The predicted molar refractivity (Wildman–Crippen MR) is 140 cm³/mol. The first-order valence-corrected chi connectivity index (χ1v) is 12.3. The summed E-state index contributed by atoms with van der Waals surface area (Å²) >= 11 is 0. The molecule has 2 aliphatic rings. The van der Waals surface area contributed by atoms with Gasteiger partial charge in [-0.3, -0.25) is 19.1 Å². The van der Waals surface area contributed by atoms with Crippen LogP contribution >= 0.6 is 0 Å². The Labute approximate surface area is 223 Å². The summed E-state index contributed by atoms with van der Waals surface area (Å²) in [5, 5.41) is 5.60. The first-order valence-electron chi connectivity index (χ1n) is 12.3. The van der Waals surface area contributed by atoms with Gasteiger partial charge in [-0.2, -0.15) is 5.10 Å². The number of carbonyl (C=O) groups excluding carboxylic acids is 3. The van der Waals surface area contributed by atoms with Crippen LogP contribution in [0.1, 0.15) is 22.1 Å². The fourth-order valence-corrected chi connectivity index (χ4v) is 5.06. The number of amides is 2. The van der Waals surface area contributed by atoms with Gasteiger partial charge in [0.05, 0.1) is 24.5 Å². The number of imide groups is 1. The van der Waals surface area contributed by atoms with Crippen molar-refractivity contribution in [1.82, 2.24) is 9.78 Å². The van der Waals surface area contributed by atoms with Crippen molar-refractivity contribution >= 4 is 29.2 Å². The molecule has 2 saturated heterocycles. The number of benzene rings is 3. The first kappa shape index (κ1) is 24.4. The molecule has 6 rings (SSSR count). The molecule has 0 unspecified atom stereocenters. The zero-order valence-electron chi connectivity index (χ0n) is 21.1. The van der Waals surface area contributed by atoms with Crippen molar-refractivity contribution in [3.63, 3.8) is 0 Å². The number of carbonyl (C=O) groups is 3. The van der Waals surface area contributed by atoms with Gasteiger partial charge in [-0.1, -0.05) is 42.5 Å². The summed E-state index contributed by atoms with van der Waals surface area (Å²) in [7, 11) is 3.11. The van der Waals surface area contributed by atoms with Crippen molar-refractivity contribution in [3.05, 3.63) is 102 Å². The standard InChI is InChI=1S/C29H24N4O6/c1-31-21(15-16-30-31)29(36)38-22-14-13-18(17-23(22)37-2)25-24-26(39-33(25)20-11-7-4-8-12-20)28(35)32(27(24)34)19-9-5-3-6-10-19/h3-17,24-26H,1-2H3/t24-,25-,26-/m1/s1. The van der Waals surface area contributed by atoms with Crippen LogP contribution in [0.15, 0.2) is 91.1 Å². The highest BCUT2D eigenvalue weighted by atomic mass is 16.7. The number of hydroxylamine groups is 1. The smallest absolute Gasteiger partial charge is 0.362 e. The molecule has 0 saturated carbocycles. The Morgan fingerprint density at radius 2 is 1.56 bits per heavy atom. The molecule has 10 nitrogen and oxygen atoms in total. The van der Waals surface area contributed by atoms with Gasteiger partial charge in [-0.05, 0) is 48.0 Å². The van der Waals surface area contributed by atoms with E-state index in [2.05, 4.69) is 5.10 Å². The predicted octanol–water partition coefficient (Wildman–Crippen LogP) is 3.70. The monoisotopic (exact) mass is 524 g/mol. The number of esters is 1. The van der Waals surface area contributed by atoms with Gasteiger partial charge in [-0.25, -0.2) is 14.8 Å². The average Bonchev–Trinajstić information content (AvgIpc) is 3.64. The second-order valence-electron chi connectivity index (χ2n) is 9.15. The topological polar surface area (TPSA) is 103 Å². The lowest BCUT2D eigenvalue weighted by atomic mass is 9.90. The molecule has 2 amide bonds. The third-order valence-corrected chi connectivity index (χ3v) is 6.90. The Morgan fingerprint density at radius 1 is 0.872 bits per heavy atom. The Kier molecular flexibility index (Phi) is 6.08. The van der Waals surface area contributed by atoms with Crippen molar-refractivity contribution < 1.29 is 28.7 Å². The number of methoxy groups -OCH3 is 1. The van der Waals surface area contributed by atoms with Gasteiger partial charge in [0.15, 0.2) is 17.6 Å². The van der Waals surface area contributed by atoms with Crippen LogP contribution in [0.3, 0.4) is 0 Å². The van der Waals surface area contributed by atoms with Gasteiger partial charge < -0.3 is 9.47 Å². The fraction of sp³-hybridized carbons (Fsp3) is 0.172. The van der Waals surface area contributed by atoms with Crippen LogP contribution in [0.2, 0.25) is 0 Å². The third kappa shape index (κ3) is 4.11. The van der Waals surface area contributed by atoms with E-state index in [-0.39, 0.29) is 23.1 Å². The molecule has 2 fully saturated rings. The molecule has 0 aliphatic carbocycles. The molecule has 196 valence electrons. The lowest BCUT2D eigenvalue weighted by Gasteiger charge is -2.29. The maximum absolute atomic E-state index is 13.8. The van der Waals surface area contributed by atoms with E-state index in [1.165, 1.54) is 22.9 Å². The van der Waals surface area contributed by atoms with Crippen LogP contribution in [-0.2, 0) is 21.5 Å². The molecule has 4 aromatic rings. The molecule has 10 heteroatoms. The minimum Gasteiger partial charge on any atom is -0.493 e. The van der Waals surface area contributed by atoms with Gasteiger partial charge in [0.2, 0.25) is 5.91 Å². The molecule has 39 heavy (non-hydrogen) atoms. The molecule has 0 N–H and O–H groups in total. The van der Waals surface area contributed by atoms with Gasteiger partial charge in [0.1, 0.15) is 11.6 Å². The third-order valence-electron chi connectivity index (χ3n) is 6.90. The van der Waals surface area contributed by atoms with E-state index in [4.69, 9.17) is 14.3 Å². The highest BCUT2D eigenvalue weighted by Crippen LogP contribution is 2.48. The Balaban J connectivity index is 1.38. The molecule has 3 atom stereocenters. The van der Waals surface area contributed by atoms with Crippen molar-refractivity contribution in [1.29, 1.82) is 0 Å². The summed E-state index contributed by atoms with van der Waals surface area (Å²) in [6, 6.07) is 24.0. The molecule has 2 aliphatic heterocycles. The molecule has 3 aromatic carbocycles. The Bertz CT molecular complexity index is 1550. The maximum Gasteiger partial charge on any atom is 0.362 e. The largest absolute Gasteiger partial charge is 0.493 e. The minimum absolute atomic E-state index is 0.203. The van der Waals surface area contributed by atoms with Crippen LogP contribution in [0.5, 0.6) is 11.5 Å². The van der Waals surface area contributed by atoms with Crippen molar-refractivity contribution in [3.8, 4) is 11.5 Å². The van der Waals surface area contributed by atoms with Crippen LogP contribution < -0.4 is 19.4 Å². The number of hydrogen-bond donors (Lipinski definition) is 0. The van der Waals surface area contributed by atoms with E-state index in [9.17, 15) is 14.4 Å². The van der Waals surface area contributed by atoms with E-state index in [1.807, 2.05) is 36.4 Å². The number of aryl methyl sites for hydroxylation is 1. The summed E-state index contributed by atoms with van der Waals surface area (Å²) in [4.78, 5) is 47.3. The Hall–Kier alpha value is -4.96.